The third kappa shape index (κ3) is 5.85. The van der Waals surface area contributed by atoms with Gasteiger partial charge in [0.25, 0.3) is 0 Å². The Morgan fingerprint density at radius 2 is 1.64 bits per heavy atom. The topological polar surface area (TPSA) is 77.1 Å². The predicted octanol–water partition coefficient (Wildman–Crippen LogP) is 2.23. The van der Waals surface area contributed by atoms with E-state index < -0.39 is 0 Å². The molecule has 1 N–H and O–H groups in total. The minimum atomic E-state index is -0.175. The monoisotopic (exact) mass is 352 g/mol. The molecule has 25 heavy (non-hydrogen) atoms. The Hall–Kier alpha value is -2.44. The van der Waals surface area contributed by atoms with Gasteiger partial charge in [0.1, 0.15) is 0 Å². The first kappa shape index (κ1) is 20.6. The van der Waals surface area contributed by atoms with Crippen molar-refractivity contribution in [2.45, 2.75) is 27.2 Å². The van der Waals surface area contributed by atoms with E-state index in [-0.39, 0.29) is 24.8 Å². The largest absolute Gasteiger partial charge is 0.493 e. The number of nitrogens with zero attached hydrogens (tertiary/aromatic N) is 1. The Balaban J connectivity index is 2.99. The van der Waals surface area contributed by atoms with Crippen molar-refractivity contribution in [3.05, 3.63) is 12.1 Å². The summed E-state index contributed by atoms with van der Waals surface area (Å²) in [4.78, 5) is 25.5. The number of carbonyl (C=O) groups excluding carboxylic acids is 2. The number of benzene rings is 1. The van der Waals surface area contributed by atoms with Crippen molar-refractivity contribution in [1.29, 1.82) is 0 Å². The lowest BCUT2D eigenvalue weighted by Crippen LogP contribution is -2.35. The van der Waals surface area contributed by atoms with Gasteiger partial charge in [-0.2, -0.15) is 0 Å². The molecule has 0 radical (unpaired) electrons. The Bertz CT molecular complexity index is 576. The highest BCUT2D eigenvalue weighted by atomic mass is 16.5. The molecule has 0 aliphatic rings. The predicted molar refractivity (Wildman–Crippen MR) is 96.6 cm³/mol. The third-order valence-corrected chi connectivity index (χ3v) is 3.61. The van der Waals surface area contributed by atoms with Gasteiger partial charge < -0.3 is 24.4 Å². The lowest BCUT2D eigenvalue weighted by atomic mass is 10.2. The van der Waals surface area contributed by atoms with E-state index >= 15 is 0 Å². The third-order valence-electron chi connectivity index (χ3n) is 3.61. The van der Waals surface area contributed by atoms with Gasteiger partial charge >= 0.3 is 0 Å². The number of ether oxygens (including phenoxy) is 3. The molecule has 0 aliphatic heterocycles. The van der Waals surface area contributed by atoms with E-state index in [1.165, 1.54) is 33.2 Å². The summed E-state index contributed by atoms with van der Waals surface area (Å²) >= 11 is 0. The maximum Gasteiger partial charge on any atom is 0.223 e. The molecule has 0 spiro atoms. The quantitative estimate of drug-likeness (QED) is 0.737. The van der Waals surface area contributed by atoms with Crippen LogP contribution in [0.25, 0.3) is 0 Å². The van der Waals surface area contributed by atoms with Crippen LogP contribution in [0.15, 0.2) is 12.1 Å². The number of hydrogen-bond donors (Lipinski definition) is 1. The van der Waals surface area contributed by atoms with Gasteiger partial charge in [0, 0.05) is 38.6 Å². The van der Waals surface area contributed by atoms with Crippen LogP contribution in [-0.4, -0.2) is 46.2 Å². The molecule has 1 aromatic carbocycles. The molecule has 2 amide bonds. The average Bonchev–Trinajstić information content (AvgIpc) is 2.58. The number of hydrogen-bond acceptors (Lipinski definition) is 5. The van der Waals surface area contributed by atoms with Crippen LogP contribution >= 0.6 is 0 Å². The second-order valence-corrected chi connectivity index (χ2v) is 6.00. The van der Waals surface area contributed by atoms with Gasteiger partial charge in [-0.15, -0.1) is 0 Å². The number of anilines is 1. The molecule has 1 aromatic rings. The SMILES string of the molecule is COc1cc(N(CCC(=O)NCC(C)C)C(C)=O)cc(OC)c1OC. The number of amides is 2. The second-order valence-electron chi connectivity index (χ2n) is 6.00. The average molecular weight is 352 g/mol. The number of carbonyl (C=O) groups is 2. The minimum absolute atomic E-state index is 0.0904. The highest BCUT2D eigenvalue weighted by Crippen LogP contribution is 2.41. The van der Waals surface area contributed by atoms with Gasteiger partial charge in [-0.3, -0.25) is 9.59 Å². The van der Waals surface area contributed by atoms with E-state index in [2.05, 4.69) is 5.32 Å². The van der Waals surface area contributed by atoms with Crippen LogP contribution in [0.4, 0.5) is 5.69 Å². The van der Waals surface area contributed by atoms with Crippen molar-refractivity contribution in [2.75, 3.05) is 39.3 Å². The van der Waals surface area contributed by atoms with Crippen LogP contribution in [0.2, 0.25) is 0 Å². The molecule has 0 aromatic heterocycles. The van der Waals surface area contributed by atoms with E-state index in [1.54, 1.807) is 12.1 Å². The van der Waals surface area contributed by atoms with Gasteiger partial charge in [0.05, 0.1) is 27.0 Å². The first-order valence-electron chi connectivity index (χ1n) is 8.18. The van der Waals surface area contributed by atoms with E-state index in [0.717, 1.165) is 0 Å². The lowest BCUT2D eigenvalue weighted by molar-refractivity contribution is -0.121. The lowest BCUT2D eigenvalue weighted by Gasteiger charge is -2.23. The Labute approximate surface area is 149 Å². The van der Waals surface area contributed by atoms with Crippen molar-refractivity contribution in [3.8, 4) is 17.2 Å². The highest BCUT2D eigenvalue weighted by Gasteiger charge is 2.19. The van der Waals surface area contributed by atoms with Crippen molar-refractivity contribution >= 4 is 17.5 Å². The normalized spacial score (nSPS) is 10.4. The van der Waals surface area contributed by atoms with Gasteiger partial charge in [-0.1, -0.05) is 13.8 Å². The molecule has 0 bridgehead atoms. The van der Waals surface area contributed by atoms with Crippen molar-refractivity contribution in [3.63, 3.8) is 0 Å². The molecule has 0 atom stereocenters. The van der Waals surface area contributed by atoms with Gasteiger partial charge in [0.15, 0.2) is 11.5 Å². The number of rotatable bonds is 9. The van der Waals surface area contributed by atoms with Crippen LogP contribution in [-0.2, 0) is 9.59 Å². The molecule has 0 heterocycles. The summed E-state index contributed by atoms with van der Waals surface area (Å²) in [5.41, 5.74) is 0.582. The van der Waals surface area contributed by atoms with Crippen molar-refractivity contribution in [2.24, 2.45) is 5.92 Å². The van der Waals surface area contributed by atoms with Crippen LogP contribution in [0, 0.1) is 5.92 Å². The zero-order chi connectivity index (χ0) is 19.0. The maximum atomic E-state index is 12.1. The molecule has 0 aliphatic carbocycles. The summed E-state index contributed by atoms with van der Waals surface area (Å²) in [6.07, 6.45) is 0.211. The first-order valence-corrected chi connectivity index (χ1v) is 8.18. The molecule has 0 fully saturated rings. The van der Waals surface area contributed by atoms with Crippen molar-refractivity contribution in [1.82, 2.24) is 5.32 Å². The standard InChI is InChI=1S/C18H28N2O5/c1-12(2)11-19-17(22)7-8-20(13(3)21)14-9-15(23-4)18(25-6)16(10-14)24-5/h9-10,12H,7-8,11H2,1-6H3,(H,19,22). The molecule has 7 heteroatoms. The summed E-state index contributed by atoms with van der Waals surface area (Å²) < 4.78 is 15.9. The fraction of sp³-hybridized carbons (Fsp3) is 0.556. The Kier molecular flexibility index (Phi) is 8.04. The van der Waals surface area contributed by atoms with E-state index in [0.29, 0.717) is 35.4 Å². The summed E-state index contributed by atoms with van der Waals surface area (Å²) in [7, 11) is 4.54. The molecule has 0 saturated carbocycles. The van der Waals surface area contributed by atoms with Crippen LogP contribution in [0.5, 0.6) is 17.2 Å². The van der Waals surface area contributed by atoms with Crippen LogP contribution in [0.3, 0.4) is 0 Å². The Morgan fingerprint density at radius 1 is 1.08 bits per heavy atom. The van der Waals surface area contributed by atoms with E-state index in [4.69, 9.17) is 14.2 Å². The van der Waals surface area contributed by atoms with E-state index in [1.807, 2.05) is 13.8 Å². The minimum Gasteiger partial charge on any atom is -0.493 e. The number of methoxy groups -OCH3 is 3. The van der Waals surface area contributed by atoms with Gasteiger partial charge in [0.2, 0.25) is 17.6 Å². The molecular weight excluding hydrogens is 324 g/mol. The zero-order valence-corrected chi connectivity index (χ0v) is 15.8. The van der Waals surface area contributed by atoms with Crippen LogP contribution in [0.1, 0.15) is 27.2 Å². The van der Waals surface area contributed by atoms with Crippen molar-refractivity contribution < 1.29 is 23.8 Å². The second kappa shape index (κ2) is 9.76. The fourth-order valence-electron chi connectivity index (χ4n) is 2.31. The molecule has 7 nitrogen and oxygen atoms in total. The summed E-state index contributed by atoms with van der Waals surface area (Å²) in [6.45, 7) is 6.38. The maximum absolute atomic E-state index is 12.1. The smallest absolute Gasteiger partial charge is 0.223 e. The molecule has 140 valence electrons. The van der Waals surface area contributed by atoms with Gasteiger partial charge in [-0.05, 0) is 5.92 Å². The fourth-order valence-corrected chi connectivity index (χ4v) is 2.31. The highest BCUT2D eigenvalue weighted by molar-refractivity contribution is 5.93. The van der Waals surface area contributed by atoms with Crippen LogP contribution < -0.4 is 24.4 Å². The summed E-state index contributed by atoms with van der Waals surface area (Å²) in [5.74, 6) is 1.47. The molecular formula is C18H28N2O5. The first-order chi connectivity index (χ1) is 11.8. The summed E-state index contributed by atoms with van der Waals surface area (Å²) in [6, 6.07) is 3.38. The number of nitrogens with one attached hydrogen (secondary N) is 1. The molecule has 0 saturated heterocycles. The Morgan fingerprint density at radius 3 is 2.04 bits per heavy atom. The summed E-state index contributed by atoms with van der Waals surface area (Å²) in [5, 5.41) is 2.84. The molecule has 1 rings (SSSR count). The molecule has 0 unspecified atom stereocenters. The zero-order valence-electron chi connectivity index (χ0n) is 15.8. The van der Waals surface area contributed by atoms with E-state index in [9.17, 15) is 9.59 Å². The van der Waals surface area contributed by atoms with Gasteiger partial charge in [-0.25, -0.2) is 0 Å².